The predicted molar refractivity (Wildman–Crippen MR) is 101 cm³/mol. The average molecular weight is 434 g/mol. The van der Waals surface area contributed by atoms with Crippen molar-refractivity contribution in [1.29, 1.82) is 0 Å². The number of carbonyl (C=O) groups excluding carboxylic acids is 1. The Hall–Kier alpha value is -3.73. The summed E-state index contributed by atoms with van der Waals surface area (Å²) < 4.78 is 41.8. The summed E-state index contributed by atoms with van der Waals surface area (Å²) in [6, 6.07) is 9.04. The molecule has 0 radical (unpaired) electrons. The van der Waals surface area contributed by atoms with Gasteiger partial charge in [0.05, 0.1) is 46.7 Å². The first-order valence-corrected chi connectivity index (χ1v) is 8.76. The molecule has 0 aliphatic rings. The van der Waals surface area contributed by atoms with Crippen LogP contribution in [0.25, 0.3) is 11.5 Å². The average Bonchev–Trinajstić information content (AvgIpc) is 3.38. The molecule has 0 fully saturated rings. The Morgan fingerprint density at radius 3 is 2.37 bits per heavy atom. The van der Waals surface area contributed by atoms with Crippen molar-refractivity contribution >= 4 is 23.2 Å². The number of para-hydroxylation sites is 1. The van der Waals surface area contributed by atoms with E-state index in [0.717, 1.165) is 6.20 Å². The molecule has 30 heavy (non-hydrogen) atoms. The summed E-state index contributed by atoms with van der Waals surface area (Å²) >= 11 is 6.13. The van der Waals surface area contributed by atoms with Crippen molar-refractivity contribution in [3.63, 3.8) is 0 Å². The Labute approximate surface area is 171 Å². The SMILES string of the molecule is O=C(Nc1cnc(-n2nccn2)c(Cl)c1)c1cnn(-c2ccccc2)c1C(F)(F)F. The molecule has 0 aliphatic carbocycles. The van der Waals surface area contributed by atoms with Crippen molar-refractivity contribution in [3.05, 3.63) is 77.5 Å². The maximum Gasteiger partial charge on any atom is 0.434 e. The van der Waals surface area contributed by atoms with Crippen LogP contribution in [0.4, 0.5) is 18.9 Å². The number of rotatable bonds is 4. The topological polar surface area (TPSA) is 90.5 Å². The van der Waals surface area contributed by atoms with E-state index in [1.165, 1.54) is 41.6 Å². The van der Waals surface area contributed by atoms with Gasteiger partial charge in [0.15, 0.2) is 11.5 Å². The zero-order valence-corrected chi connectivity index (χ0v) is 15.6. The van der Waals surface area contributed by atoms with E-state index in [9.17, 15) is 18.0 Å². The lowest BCUT2D eigenvalue weighted by atomic mass is 10.2. The number of aromatic nitrogens is 6. The molecule has 3 heterocycles. The second-order valence-corrected chi connectivity index (χ2v) is 6.36. The van der Waals surface area contributed by atoms with Crippen LogP contribution >= 0.6 is 11.6 Å². The second kappa shape index (κ2) is 7.59. The number of pyridine rings is 1. The molecule has 4 aromatic rings. The molecule has 3 aromatic heterocycles. The predicted octanol–water partition coefficient (Wildman–Crippen LogP) is 3.77. The third kappa shape index (κ3) is 3.74. The van der Waals surface area contributed by atoms with E-state index in [1.54, 1.807) is 18.2 Å². The quantitative estimate of drug-likeness (QED) is 0.529. The van der Waals surface area contributed by atoms with Crippen molar-refractivity contribution in [2.24, 2.45) is 0 Å². The Bertz CT molecular complexity index is 1190. The number of benzene rings is 1. The van der Waals surface area contributed by atoms with Crippen LogP contribution in [0.2, 0.25) is 5.02 Å². The third-order valence-electron chi connectivity index (χ3n) is 3.97. The van der Waals surface area contributed by atoms with E-state index in [2.05, 4.69) is 25.6 Å². The van der Waals surface area contributed by atoms with Crippen LogP contribution in [-0.2, 0) is 6.18 Å². The number of alkyl halides is 3. The molecule has 0 aliphatic heterocycles. The summed E-state index contributed by atoms with van der Waals surface area (Å²) in [5.74, 6) is -0.806. The molecule has 1 aromatic carbocycles. The normalized spacial score (nSPS) is 11.5. The summed E-state index contributed by atoms with van der Waals surface area (Å²) in [5.41, 5.74) is -1.56. The Morgan fingerprint density at radius 2 is 1.73 bits per heavy atom. The lowest BCUT2D eigenvalue weighted by molar-refractivity contribution is -0.143. The van der Waals surface area contributed by atoms with Gasteiger partial charge in [-0.15, -0.1) is 4.80 Å². The van der Waals surface area contributed by atoms with Crippen molar-refractivity contribution in [1.82, 2.24) is 29.8 Å². The highest BCUT2D eigenvalue weighted by molar-refractivity contribution is 6.32. The summed E-state index contributed by atoms with van der Waals surface area (Å²) in [6.45, 7) is 0. The van der Waals surface area contributed by atoms with Crippen molar-refractivity contribution < 1.29 is 18.0 Å². The van der Waals surface area contributed by atoms with Crippen LogP contribution in [-0.4, -0.2) is 35.7 Å². The summed E-state index contributed by atoms with van der Waals surface area (Å²) in [6.07, 6.45) is 0.137. The number of nitrogens with zero attached hydrogens (tertiary/aromatic N) is 6. The van der Waals surface area contributed by atoms with E-state index in [-0.39, 0.29) is 22.2 Å². The standard InChI is InChI=1S/C18H11ClF3N7O/c19-14-8-11(9-23-16(14)29-24-6-7-25-29)27-17(30)13-10-26-28(15(13)18(20,21)22)12-4-2-1-3-5-12/h1-10H,(H,27,30). The lowest BCUT2D eigenvalue weighted by Gasteiger charge is -2.13. The van der Waals surface area contributed by atoms with E-state index in [0.29, 0.717) is 4.68 Å². The molecule has 0 bridgehead atoms. The van der Waals surface area contributed by atoms with Crippen LogP contribution in [0.15, 0.2) is 61.2 Å². The first kappa shape index (κ1) is 19.6. The Kier molecular flexibility index (Phi) is 4.96. The van der Waals surface area contributed by atoms with Crippen LogP contribution < -0.4 is 5.32 Å². The molecule has 0 spiro atoms. The van der Waals surface area contributed by atoms with Gasteiger partial charge in [-0.3, -0.25) is 4.79 Å². The highest BCUT2D eigenvalue weighted by atomic mass is 35.5. The van der Waals surface area contributed by atoms with Gasteiger partial charge in [-0.2, -0.15) is 28.5 Å². The van der Waals surface area contributed by atoms with Gasteiger partial charge in [-0.1, -0.05) is 29.8 Å². The Balaban J connectivity index is 1.66. The molecular formula is C18H11ClF3N7O. The minimum absolute atomic E-state index is 0.0972. The molecule has 1 amide bonds. The van der Waals surface area contributed by atoms with Gasteiger partial charge in [0.2, 0.25) is 0 Å². The van der Waals surface area contributed by atoms with E-state index in [1.807, 2.05) is 0 Å². The summed E-state index contributed by atoms with van der Waals surface area (Å²) in [4.78, 5) is 17.8. The molecule has 4 rings (SSSR count). The second-order valence-electron chi connectivity index (χ2n) is 5.95. The first-order valence-electron chi connectivity index (χ1n) is 8.39. The maximum absolute atomic E-state index is 13.7. The number of hydrogen-bond acceptors (Lipinski definition) is 5. The molecule has 0 unspecified atom stereocenters. The zero-order chi connectivity index (χ0) is 21.3. The van der Waals surface area contributed by atoms with Crippen LogP contribution in [0.3, 0.4) is 0 Å². The van der Waals surface area contributed by atoms with Crippen LogP contribution in [0.1, 0.15) is 16.1 Å². The summed E-state index contributed by atoms with van der Waals surface area (Å²) in [5, 5.41) is 14.0. The van der Waals surface area contributed by atoms with Crippen LogP contribution in [0, 0.1) is 0 Å². The van der Waals surface area contributed by atoms with E-state index < -0.39 is 23.3 Å². The van der Waals surface area contributed by atoms with Gasteiger partial charge >= 0.3 is 6.18 Å². The fraction of sp³-hybridized carbons (Fsp3) is 0.0556. The number of anilines is 1. The van der Waals surface area contributed by atoms with Crippen molar-refractivity contribution in [3.8, 4) is 11.5 Å². The zero-order valence-electron chi connectivity index (χ0n) is 14.9. The molecule has 0 saturated heterocycles. The van der Waals surface area contributed by atoms with Crippen molar-refractivity contribution in [2.75, 3.05) is 5.32 Å². The fourth-order valence-corrected chi connectivity index (χ4v) is 2.96. The van der Waals surface area contributed by atoms with Gasteiger partial charge < -0.3 is 5.32 Å². The number of halogens is 4. The number of hydrogen-bond donors (Lipinski definition) is 1. The fourth-order valence-electron chi connectivity index (χ4n) is 2.72. The van der Waals surface area contributed by atoms with Gasteiger partial charge in [0, 0.05) is 0 Å². The van der Waals surface area contributed by atoms with E-state index in [4.69, 9.17) is 11.6 Å². The molecule has 152 valence electrons. The largest absolute Gasteiger partial charge is 0.434 e. The maximum atomic E-state index is 13.7. The van der Waals surface area contributed by atoms with Crippen LogP contribution in [0.5, 0.6) is 0 Å². The van der Waals surface area contributed by atoms with Gasteiger partial charge in [-0.05, 0) is 18.2 Å². The third-order valence-corrected chi connectivity index (χ3v) is 4.25. The van der Waals surface area contributed by atoms with E-state index >= 15 is 0 Å². The molecule has 0 atom stereocenters. The number of nitrogens with one attached hydrogen (secondary N) is 1. The van der Waals surface area contributed by atoms with Gasteiger partial charge in [0.1, 0.15) is 0 Å². The lowest BCUT2D eigenvalue weighted by Crippen LogP contribution is -2.20. The minimum atomic E-state index is -4.81. The number of amides is 1. The minimum Gasteiger partial charge on any atom is -0.320 e. The molecule has 12 heteroatoms. The Morgan fingerprint density at radius 1 is 1.03 bits per heavy atom. The molecule has 0 saturated carbocycles. The molecule has 1 N–H and O–H groups in total. The molecule has 8 nitrogen and oxygen atoms in total. The molecular weight excluding hydrogens is 423 g/mol. The first-order chi connectivity index (χ1) is 14.3. The van der Waals surface area contributed by atoms with Gasteiger partial charge in [-0.25, -0.2) is 9.67 Å². The van der Waals surface area contributed by atoms with Gasteiger partial charge in [0.25, 0.3) is 5.91 Å². The highest BCUT2D eigenvalue weighted by Gasteiger charge is 2.40. The highest BCUT2D eigenvalue weighted by Crippen LogP contribution is 2.34. The summed E-state index contributed by atoms with van der Waals surface area (Å²) in [7, 11) is 0. The smallest absolute Gasteiger partial charge is 0.320 e. The van der Waals surface area contributed by atoms with Crippen molar-refractivity contribution in [2.45, 2.75) is 6.18 Å². The monoisotopic (exact) mass is 433 g/mol. The number of carbonyl (C=O) groups is 1.